The number of hydrogen-bond acceptors (Lipinski definition) is 4. The number of aliphatic imine (C=N–C) groups is 1. The molecule has 0 spiro atoms. The largest absolute Gasteiger partial charge is 0.387 e. The number of nitrogens with zero attached hydrogens (tertiary/aromatic N) is 3. The molecule has 6 nitrogen and oxygen atoms in total. The van der Waals surface area contributed by atoms with E-state index in [1.807, 2.05) is 4.90 Å². The predicted molar refractivity (Wildman–Crippen MR) is 120 cm³/mol. The number of amides is 1. The highest BCUT2D eigenvalue weighted by Crippen LogP contribution is 2.38. The van der Waals surface area contributed by atoms with Crippen LogP contribution in [0.4, 0.5) is 5.69 Å². The first-order valence-electron chi connectivity index (χ1n) is 10.8. The molecule has 4 rings (SSSR count). The molecule has 158 valence electrons. The fraction of sp³-hybridized carbons (Fsp3) is 0.636. The summed E-state index contributed by atoms with van der Waals surface area (Å²) in [5.74, 6) is 3.30. The number of benzene rings is 1. The Morgan fingerprint density at radius 3 is 3.00 bits per heavy atom. The fourth-order valence-corrected chi connectivity index (χ4v) is 5.82. The van der Waals surface area contributed by atoms with E-state index in [-0.39, 0.29) is 0 Å². The molecule has 0 saturated carbocycles. The van der Waals surface area contributed by atoms with E-state index in [1.54, 1.807) is 11.8 Å². The summed E-state index contributed by atoms with van der Waals surface area (Å²) < 4.78 is 0. The van der Waals surface area contributed by atoms with Crippen LogP contribution in [-0.4, -0.2) is 71.7 Å². The summed E-state index contributed by atoms with van der Waals surface area (Å²) in [5.41, 5.74) is 1.85. The molecule has 2 fully saturated rings. The van der Waals surface area contributed by atoms with E-state index in [1.165, 1.54) is 11.3 Å². The molecule has 29 heavy (non-hydrogen) atoms. The van der Waals surface area contributed by atoms with E-state index in [9.17, 15) is 9.90 Å². The number of thioether (sulfide) groups is 1. The van der Waals surface area contributed by atoms with E-state index in [0.29, 0.717) is 24.8 Å². The summed E-state index contributed by atoms with van der Waals surface area (Å²) >= 11 is 1.80. The van der Waals surface area contributed by atoms with Crippen molar-refractivity contribution in [1.29, 1.82) is 0 Å². The number of para-hydroxylation sites is 1. The van der Waals surface area contributed by atoms with Crippen LogP contribution in [0, 0.1) is 0 Å². The third-order valence-corrected chi connectivity index (χ3v) is 7.42. The number of carbonyl (C=O) groups is 1. The van der Waals surface area contributed by atoms with Gasteiger partial charge in [0.25, 0.3) is 0 Å². The number of carbonyl (C=O) groups excluding carboxylic acids is 1. The Kier molecular flexibility index (Phi) is 6.35. The molecule has 2 atom stereocenters. The van der Waals surface area contributed by atoms with Crippen molar-refractivity contribution in [3.8, 4) is 0 Å². The van der Waals surface area contributed by atoms with Crippen molar-refractivity contribution in [2.75, 3.05) is 49.1 Å². The van der Waals surface area contributed by atoms with Crippen LogP contribution in [0.1, 0.15) is 44.1 Å². The number of guanidine groups is 1. The molecular formula is C22H32N4O2S. The lowest BCUT2D eigenvalue weighted by Gasteiger charge is -2.25. The van der Waals surface area contributed by atoms with Gasteiger partial charge in [-0.15, -0.1) is 0 Å². The molecule has 0 radical (unpaired) electrons. The number of fused-ring (bicyclic) bond motifs is 1. The number of aliphatic hydroxyl groups is 1. The van der Waals surface area contributed by atoms with Crippen LogP contribution >= 0.6 is 11.8 Å². The second-order valence-electron chi connectivity index (χ2n) is 8.34. The summed E-state index contributed by atoms with van der Waals surface area (Å²) in [6.45, 7) is 5.90. The minimum absolute atomic E-state index is 0.297. The molecule has 3 aliphatic rings. The van der Waals surface area contributed by atoms with Crippen molar-refractivity contribution in [2.45, 2.75) is 44.1 Å². The first-order chi connectivity index (χ1) is 14.1. The van der Waals surface area contributed by atoms with E-state index in [2.05, 4.69) is 41.4 Å². The van der Waals surface area contributed by atoms with Crippen LogP contribution in [-0.2, 0) is 4.79 Å². The molecular weight excluding hydrogens is 384 g/mol. The van der Waals surface area contributed by atoms with Gasteiger partial charge in [-0.2, -0.15) is 11.8 Å². The topological polar surface area (TPSA) is 68.2 Å². The van der Waals surface area contributed by atoms with Crippen molar-refractivity contribution in [3.63, 3.8) is 0 Å². The zero-order chi connectivity index (χ0) is 20.3. The third-order valence-electron chi connectivity index (χ3n) is 6.19. The van der Waals surface area contributed by atoms with Gasteiger partial charge in [-0.1, -0.05) is 18.2 Å². The molecule has 0 bridgehead atoms. The van der Waals surface area contributed by atoms with E-state index < -0.39 is 5.60 Å². The van der Waals surface area contributed by atoms with Crippen molar-refractivity contribution >= 4 is 29.3 Å². The Balaban J connectivity index is 1.50. The second kappa shape index (κ2) is 8.96. The zero-order valence-corrected chi connectivity index (χ0v) is 18.1. The molecule has 1 aromatic rings. The van der Waals surface area contributed by atoms with E-state index >= 15 is 0 Å². The van der Waals surface area contributed by atoms with Gasteiger partial charge in [0, 0.05) is 50.0 Å². The highest BCUT2D eigenvalue weighted by Gasteiger charge is 2.34. The van der Waals surface area contributed by atoms with Crippen LogP contribution in [0.5, 0.6) is 0 Å². The Hall–Kier alpha value is -1.73. The summed E-state index contributed by atoms with van der Waals surface area (Å²) in [5, 5.41) is 14.1. The molecule has 2 N–H and O–H groups in total. The average Bonchev–Trinajstić information content (AvgIpc) is 3.43. The van der Waals surface area contributed by atoms with Crippen molar-refractivity contribution in [3.05, 3.63) is 29.8 Å². The van der Waals surface area contributed by atoms with Crippen LogP contribution in [0.25, 0.3) is 0 Å². The molecule has 0 aromatic heterocycles. The van der Waals surface area contributed by atoms with Gasteiger partial charge in [0.15, 0.2) is 5.96 Å². The number of hydrogen-bond donors (Lipinski definition) is 2. The zero-order valence-electron chi connectivity index (χ0n) is 17.3. The Morgan fingerprint density at radius 2 is 2.28 bits per heavy atom. The third kappa shape index (κ3) is 4.56. The maximum atomic E-state index is 12.0. The molecule has 7 heteroatoms. The van der Waals surface area contributed by atoms with Gasteiger partial charge in [0.2, 0.25) is 5.91 Å². The van der Waals surface area contributed by atoms with Gasteiger partial charge < -0.3 is 20.2 Å². The van der Waals surface area contributed by atoms with Crippen molar-refractivity contribution in [1.82, 2.24) is 10.2 Å². The van der Waals surface area contributed by atoms with Gasteiger partial charge in [0.1, 0.15) is 0 Å². The number of nitrogens with one attached hydrogen (secondary N) is 1. The van der Waals surface area contributed by atoms with Crippen LogP contribution in [0.2, 0.25) is 0 Å². The van der Waals surface area contributed by atoms with Crippen LogP contribution < -0.4 is 10.2 Å². The van der Waals surface area contributed by atoms with Crippen LogP contribution in [0.3, 0.4) is 0 Å². The lowest BCUT2D eigenvalue weighted by Crippen LogP contribution is -2.43. The van der Waals surface area contributed by atoms with Gasteiger partial charge in [-0.05, 0) is 43.6 Å². The predicted octanol–water partition coefficient (Wildman–Crippen LogP) is 2.44. The smallest absolute Gasteiger partial charge is 0.222 e. The minimum atomic E-state index is -0.680. The molecule has 2 unspecified atom stereocenters. The SMILES string of the molecule is CCNC(=NCC1(O)CCSC1)N1CC(CCN2CCCC2=O)c2ccccc21. The standard InChI is InChI=1S/C22H32N4O2S/c1-2-23-21(24-15-22(28)10-13-29-16-22)26-14-17(18-6-3-4-7-19(18)26)9-12-25-11-5-8-20(25)27/h3-4,6-7,17,28H,2,5,8-16H2,1H3,(H,23,24). The lowest BCUT2D eigenvalue weighted by atomic mass is 9.98. The molecule has 2 saturated heterocycles. The average molecular weight is 417 g/mol. The highest BCUT2D eigenvalue weighted by molar-refractivity contribution is 7.99. The Morgan fingerprint density at radius 1 is 1.41 bits per heavy atom. The first-order valence-corrected chi connectivity index (χ1v) is 12.0. The molecule has 1 aromatic carbocycles. The molecule has 0 aliphatic carbocycles. The summed E-state index contributed by atoms with van der Waals surface area (Å²) in [7, 11) is 0. The van der Waals surface area contributed by atoms with Crippen molar-refractivity contribution < 1.29 is 9.90 Å². The maximum absolute atomic E-state index is 12.0. The minimum Gasteiger partial charge on any atom is -0.387 e. The monoisotopic (exact) mass is 416 g/mol. The highest BCUT2D eigenvalue weighted by atomic mass is 32.2. The van der Waals surface area contributed by atoms with Gasteiger partial charge in [-0.3, -0.25) is 4.79 Å². The summed E-state index contributed by atoms with van der Waals surface area (Å²) in [4.78, 5) is 21.1. The summed E-state index contributed by atoms with van der Waals surface area (Å²) in [6, 6.07) is 8.53. The number of likely N-dealkylation sites (tertiary alicyclic amines) is 1. The van der Waals surface area contributed by atoms with Crippen LogP contribution in [0.15, 0.2) is 29.3 Å². The normalized spacial score (nSPS) is 27.0. The van der Waals surface area contributed by atoms with Gasteiger partial charge in [-0.25, -0.2) is 4.99 Å². The van der Waals surface area contributed by atoms with E-state index in [0.717, 1.165) is 62.9 Å². The Bertz CT molecular complexity index is 763. The van der Waals surface area contributed by atoms with E-state index in [4.69, 9.17) is 4.99 Å². The van der Waals surface area contributed by atoms with Gasteiger partial charge >= 0.3 is 0 Å². The van der Waals surface area contributed by atoms with Gasteiger partial charge in [0.05, 0.1) is 12.1 Å². The quantitative estimate of drug-likeness (QED) is 0.551. The Labute approximate surface area is 177 Å². The fourth-order valence-electron chi connectivity index (χ4n) is 4.53. The first kappa shape index (κ1) is 20.5. The lowest BCUT2D eigenvalue weighted by molar-refractivity contribution is -0.127. The second-order valence-corrected chi connectivity index (χ2v) is 9.44. The maximum Gasteiger partial charge on any atom is 0.222 e. The molecule has 3 aliphatic heterocycles. The number of anilines is 1. The molecule has 3 heterocycles. The summed E-state index contributed by atoms with van der Waals surface area (Å²) in [6.07, 6.45) is 3.47. The van der Waals surface area contributed by atoms with Crippen molar-refractivity contribution in [2.24, 2.45) is 4.99 Å². The molecule has 1 amide bonds. The number of rotatable bonds is 6.